The van der Waals surface area contributed by atoms with E-state index in [0.29, 0.717) is 17.1 Å². The Bertz CT molecular complexity index is 7390. The second-order valence-corrected chi connectivity index (χ2v) is 35.4. The number of anilines is 4. The first-order valence-corrected chi connectivity index (χ1v) is 42.9. The number of ketones is 4. The molecule has 0 radical (unpaired) electrons. The summed E-state index contributed by atoms with van der Waals surface area (Å²) in [5, 5.41) is 19.5. The highest BCUT2D eigenvalue weighted by molar-refractivity contribution is 7.94. The summed E-state index contributed by atoms with van der Waals surface area (Å²) >= 11 is 27.0. The lowest BCUT2D eigenvalue weighted by molar-refractivity contribution is 0.0985. The Hall–Kier alpha value is -10.2. The van der Waals surface area contributed by atoms with Crippen molar-refractivity contribution in [3.8, 4) is 46.0 Å². The predicted octanol–water partition coefficient (Wildman–Crippen LogP) is 15.8. The van der Waals surface area contributed by atoms with Crippen molar-refractivity contribution in [2.45, 2.75) is 100 Å². The minimum Gasteiger partial charge on any atom is -0.454 e. The number of carbonyl (C=O) groups is 4. The summed E-state index contributed by atoms with van der Waals surface area (Å²) in [6, 6.07) is 4.17. The average molecular weight is 1840 g/mol. The van der Waals surface area contributed by atoms with Crippen molar-refractivity contribution >= 4 is 179 Å². The molecule has 12 aromatic rings. The first-order chi connectivity index (χ1) is 63.1. The number of aryl methyl sites for hydroxylation is 5. The minimum atomic E-state index is -4.40. The molecule has 1 unspecified atom stereocenters. The molecule has 4 aromatic carbocycles. The van der Waals surface area contributed by atoms with Gasteiger partial charge in [0.25, 0.3) is 63.6 Å². The van der Waals surface area contributed by atoms with E-state index < -0.39 is 208 Å². The zero-order valence-corrected chi connectivity index (χ0v) is 68.3. The van der Waals surface area contributed by atoms with Gasteiger partial charge in [-0.1, -0.05) is 67.0 Å². The number of hydrogen-bond acceptors (Lipinski definition) is 32. The molecule has 4 aliphatic rings. The fourth-order valence-electron chi connectivity index (χ4n) is 10.1. The molecule has 0 spiro atoms. The van der Waals surface area contributed by atoms with Crippen LogP contribution < -0.4 is 56.8 Å². The molecule has 8 aromatic heterocycles. The summed E-state index contributed by atoms with van der Waals surface area (Å²) in [7, 11) is -17.4. The van der Waals surface area contributed by atoms with Crippen LogP contribution in [0.3, 0.4) is 0 Å². The van der Waals surface area contributed by atoms with Crippen molar-refractivity contribution in [1.82, 2.24) is 20.6 Å². The predicted molar refractivity (Wildman–Crippen MR) is 427 cm³/mol. The summed E-state index contributed by atoms with van der Waals surface area (Å²) in [6.07, 6.45) is -4.69. The standard InChI is InChI=1S/4C18H15ClN2O6S2/c4*1-9-5-13-14(26-8-25-13)7-11(9)6-12(22)17-15(3-4-28-17)29(23,24)21-18-16(19)10(2)20-27-18/h4*3-5,7,21H,6,8H2,1-2H3/i1D3,5D,7D,8D2;1D3,5D,7D,8D;1D3,5D,7D;6D2. The third-order valence-electron chi connectivity index (χ3n) is 15.8. The van der Waals surface area contributed by atoms with E-state index >= 15 is 0 Å². The van der Waals surface area contributed by atoms with E-state index in [9.17, 15) is 52.8 Å². The molecule has 0 saturated carbocycles. The van der Waals surface area contributed by atoms with Gasteiger partial charge in [0.1, 0.15) is 66.6 Å². The number of fused-ring (bicyclic) bond motifs is 4. The van der Waals surface area contributed by atoms with Gasteiger partial charge in [-0.25, -0.2) is 52.6 Å². The first kappa shape index (κ1) is 61.2. The molecule has 1 atom stereocenters. The van der Waals surface area contributed by atoms with Crippen LogP contribution in [-0.2, 0) is 65.7 Å². The summed E-state index contributed by atoms with van der Waals surface area (Å²) in [6.45, 7) is -5.71. The Morgan fingerprint density at radius 3 is 1.02 bits per heavy atom. The molecule has 44 heteroatoms. The van der Waals surface area contributed by atoms with Crippen molar-refractivity contribution in [2.24, 2.45) is 0 Å². The van der Waals surface area contributed by atoms with Gasteiger partial charge >= 0.3 is 0 Å². The number of aromatic nitrogens is 4. The van der Waals surface area contributed by atoms with Gasteiger partial charge in [-0.05, 0) is 194 Å². The summed E-state index contributed by atoms with van der Waals surface area (Å²) in [4.78, 5) is 50.1. The maximum absolute atomic E-state index is 13.2. The zero-order valence-electron chi connectivity index (χ0n) is 78.8. The monoisotopic (exact) mass is 1840 g/mol. The number of sulfonamides is 4. The Morgan fingerprint density at radius 2 is 0.690 bits per heavy atom. The zero-order chi connectivity index (χ0) is 100. The van der Waals surface area contributed by atoms with Gasteiger partial charge in [0, 0.05) is 40.7 Å². The van der Waals surface area contributed by atoms with Gasteiger partial charge in [0.05, 0.1) is 27.7 Å². The first-order valence-electron chi connectivity index (χ1n) is 42.0. The summed E-state index contributed by atoms with van der Waals surface area (Å²) in [5.41, 5.74) is -1.37. The highest BCUT2D eigenvalue weighted by Gasteiger charge is 2.34. The lowest BCUT2D eigenvalue weighted by Gasteiger charge is -2.09. The maximum atomic E-state index is 13.2. The minimum absolute atomic E-state index is 0.00215. The molecule has 0 saturated heterocycles. The van der Waals surface area contributed by atoms with Crippen LogP contribution in [0.4, 0.5) is 23.5 Å². The highest BCUT2D eigenvalue weighted by atomic mass is 35.5. The Kier molecular flexibility index (Phi) is 18.0. The molecule has 608 valence electrons. The second kappa shape index (κ2) is 34.1. The van der Waals surface area contributed by atoms with Crippen LogP contribution in [0.25, 0.3) is 0 Å². The fraction of sp³-hybridized carbons (Fsp3) is 0.222. The van der Waals surface area contributed by atoms with Gasteiger partial charge in [-0.3, -0.25) is 19.2 Å². The number of Topliss-reactive ketones (excluding diaryl/α,β-unsaturated/α-hetero) is 4. The Labute approximate surface area is 724 Å². The van der Waals surface area contributed by atoms with Crippen molar-refractivity contribution in [3.05, 3.63) is 201 Å². The lowest BCUT2D eigenvalue weighted by atomic mass is 10.0. The van der Waals surface area contributed by atoms with Crippen LogP contribution in [0, 0.1) is 55.2 Å². The van der Waals surface area contributed by atoms with E-state index in [1.165, 1.54) is 73.5 Å². The highest BCUT2D eigenvalue weighted by Crippen LogP contribution is 2.42. The molecule has 0 amide bonds. The van der Waals surface area contributed by atoms with E-state index in [2.05, 4.69) is 39.5 Å². The van der Waals surface area contributed by atoms with Crippen molar-refractivity contribution in [3.63, 3.8) is 0 Å². The largest absolute Gasteiger partial charge is 0.454 e. The fourth-order valence-corrected chi connectivity index (χ4v) is 20.2. The molecule has 0 bridgehead atoms. The lowest BCUT2D eigenvalue weighted by Crippen LogP contribution is -2.16. The van der Waals surface area contributed by atoms with E-state index in [1.807, 2.05) is 0 Å². The summed E-state index contributed by atoms with van der Waals surface area (Å²) < 4.78 is 332. The average Bonchev–Trinajstić information content (AvgIpc) is 1.55. The van der Waals surface area contributed by atoms with Crippen LogP contribution in [0.15, 0.2) is 132 Å². The number of halogens is 4. The molecule has 32 nitrogen and oxygen atoms in total. The van der Waals surface area contributed by atoms with Crippen LogP contribution in [0.1, 0.15) is 133 Å². The van der Waals surface area contributed by atoms with E-state index in [1.54, 1.807) is 13.0 Å². The molecular formula is C72H60Cl4N8O24S8. The molecule has 4 N–H and O–H groups in total. The number of nitrogens with zero attached hydrogens (tertiary/aromatic N) is 4. The van der Waals surface area contributed by atoms with Crippen LogP contribution in [0.5, 0.6) is 46.0 Å². The number of nitrogens with one attached hydrogen (secondary N) is 4. The van der Waals surface area contributed by atoms with Crippen LogP contribution in [0.2, 0.25) is 20.1 Å². The molecule has 0 fully saturated rings. The second-order valence-electron chi connectivity index (χ2n) is 23.6. The number of carbonyl (C=O) groups excluding carboxylic acids is 4. The van der Waals surface area contributed by atoms with Gasteiger partial charge in [0.2, 0.25) is 27.1 Å². The molecular weight excluding hydrogens is 1760 g/mol. The van der Waals surface area contributed by atoms with E-state index in [0.717, 1.165) is 51.4 Å². The van der Waals surface area contributed by atoms with Crippen molar-refractivity contribution in [1.29, 1.82) is 0 Å². The van der Waals surface area contributed by atoms with E-state index in [4.69, 9.17) is 130 Å². The van der Waals surface area contributed by atoms with Gasteiger partial charge in [-0.2, -0.15) is 0 Å². The Balaban J connectivity index is 0.000000154. The normalized spacial score (nSPS) is 17.0. The SMILES string of the molecule is [2H]C([2H])(C(=O)c1sccc1S(=O)(=O)Nc1onc(C)c1Cl)c1cc2c(cc1C)OCO2.[2H]c1c(CC(=O)c2sccc2S(=O)(=O)Nc2onc(C)c2Cl)c(C([2H])([2H])[2H])c([2H])c2c1OC([2H])([2H])O2.[2H]c1c(CC(=O)c2sccc2S(=O)(=O)Nc2onc(C)c2Cl)c(C([2H])([2H])[2H])c([2H])c2c1OC([2H])O2.[2H]c1c(CC(=O)c2sccc2S(=O)(=O)Nc2onc(C)c2Cl)c(C([2H])([2H])[2H])c([2H])c2c1OCO2. The summed E-state index contributed by atoms with van der Waals surface area (Å²) in [5.74, 6) is -6.16. The number of rotatable bonds is 24. The number of thiophene rings is 4. The maximum Gasteiger partial charge on any atom is 0.265 e. The van der Waals surface area contributed by atoms with Crippen molar-refractivity contribution < 1.29 is 136 Å². The van der Waals surface area contributed by atoms with Gasteiger partial charge in [-0.15, -0.1) is 45.3 Å². The topological polar surface area (TPSA) is 431 Å². The number of ether oxygens (including phenoxy) is 8. The number of hydrogen-bond donors (Lipinski definition) is 4. The molecule has 12 heterocycles. The quantitative estimate of drug-likeness (QED) is 0.0408. The number of benzene rings is 4. The van der Waals surface area contributed by atoms with Gasteiger partial charge < -0.3 is 56.0 Å². The Morgan fingerprint density at radius 1 is 0.405 bits per heavy atom. The molecule has 0 aliphatic carbocycles. The molecule has 16 rings (SSSR count). The van der Waals surface area contributed by atoms with Crippen molar-refractivity contribution in [2.75, 3.05) is 46.0 Å². The third-order valence-corrected chi connectivity index (χ3v) is 27.3. The third kappa shape index (κ3) is 18.1. The van der Waals surface area contributed by atoms with Crippen LogP contribution >= 0.6 is 91.8 Å². The molecule has 4 aliphatic heterocycles. The van der Waals surface area contributed by atoms with Crippen LogP contribution in [-0.4, -0.2) is 105 Å². The molecule has 116 heavy (non-hydrogen) atoms. The van der Waals surface area contributed by atoms with Gasteiger partial charge in [0.15, 0.2) is 69.1 Å². The smallest absolute Gasteiger partial charge is 0.265 e. The van der Waals surface area contributed by atoms with E-state index in [-0.39, 0.29) is 144 Å².